The van der Waals surface area contributed by atoms with Gasteiger partial charge in [-0.15, -0.1) is 0 Å². The Kier molecular flexibility index (Phi) is 3.16. The smallest absolute Gasteiger partial charge is 0.335 e. The van der Waals surface area contributed by atoms with Crippen molar-refractivity contribution in [2.45, 2.75) is 6.92 Å². The Bertz CT molecular complexity index is 576. The summed E-state index contributed by atoms with van der Waals surface area (Å²) in [5.74, 6) is -0.948. The van der Waals surface area contributed by atoms with Crippen LogP contribution in [-0.4, -0.2) is 11.1 Å². The van der Waals surface area contributed by atoms with Crippen LogP contribution < -0.4 is 0 Å². The van der Waals surface area contributed by atoms with E-state index in [1.807, 2.05) is 31.2 Å². The average Bonchev–Trinajstić information content (AvgIpc) is 2.30. The van der Waals surface area contributed by atoms with Gasteiger partial charge in [0.2, 0.25) is 0 Å². The van der Waals surface area contributed by atoms with Gasteiger partial charge in [0.05, 0.1) is 5.56 Å². The number of carbonyl (C=O) groups is 1. The summed E-state index contributed by atoms with van der Waals surface area (Å²) in [6, 6.07) is 12.5. The van der Waals surface area contributed by atoms with E-state index in [0.717, 1.165) is 16.7 Å². The first-order chi connectivity index (χ1) is 8.09. The molecule has 0 saturated heterocycles. The summed E-state index contributed by atoms with van der Waals surface area (Å²) >= 11 is 6.11. The molecule has 3 heteroatoms. The number of hydrogen-bond acceptors (Lipinski definition) is 1. The monoisotopic (exact) mass is 246 g/mol. The number of carboxylic acid groups (broad SMARTS) is 1. The zero-order valence-electron chi connectivity index (χ0n) is 9.27. The number of hydrogen-bond donors (Lipinski definition) is 1. The zero-order chi connectivity index (χ0) is 12.4. The molecule has 86 valence electrons. The first kappa shape index (κ1) is 11.7. The Morgan fingerprint density at radius 2 is 1.82 bits per heavy atom. The van der Waals surface area contributed by atoms with Gasteiger partial charge in [0.1, 0.15) is 0 Å². The maximum atomic E-state index is 10.9. The van der Waals surface area contributed by atoms with E-state index in [4.69, 9.17) is 16.7 Å². The van der Waals surface area contributed by atoms with Crippen LogP contribution in [0.1, 0.15) is 15.9 Å². The molecular formula is C14H11ClO2. The van der Waals surface area contributed by atoms with Crippen molar-refractivity contribution >= 4 is 17.6 Å². The highest BCUT2D eigenvalue weighted by Crippen LogP contribution is 2.31. The van der Waals surface area contributed by atoms with E-state index >= 15 is 0 Å². The maximum Gasteiger partial charge on any atom is 0.335 e. The molecular weight excluding hydrogens is 236 g/mol. The molecule has 0 aliphatic rings. The molecule has 0 atom stereocenters. The second-order valence-corrected chi connectivity index (χ2v) is 4.22. The van der Waals surface area contributed by atoms with Crippen LogP contribution in [0.2, 0.25) is 5.02 Å². The number of aromatic carboxylic acids is 1. The third-order valence-electron chi connectivity index (χ3n) is 2.65. The summed E-state index contributed by atoms with van der Waals surface area (Å²) in [4.78, 5) is 10.9. The lowest BCUT2D eigenvalue weighted by molar-refractivity contribution is 0.0697. The van der Waals surface area contributed by atoms with Gasteiger partial charge in [0.25, 0.3) is 0 Å². The summed E-state index contributed by atoms with van der Waals surface area (Å²) in [5.41, 5.74) is 3.02. The minimum atomic E-state index is -0.948. The van der Waals surface area contributed by atoms with E-state index < -0.39 is 5.97 Å². The molecule has 0 unspecified atom stereocenters. The first-order valence-corrected chi connectivity index (χ1v) is 5.56. The SMILES string of the molecule is Cc1ccccc1-c1cc(C(=O)O)ccc1Cl. The number of halogens is 1. The normalized spacial score (nSPS) is 10.2. The molecule has 0 amide bonds. The Hall–Kier alpha value is -1.80. The van der Waals surface area contributed by atoms with Crippen molar-refractivity contribution in [3.05, 3.63) is 58.6 Å². The van der Waals surface area contributed by atoms with Crippen molar-refractivity contribution in [2.75, 3.05) is 0 Å². The highest BCUT2D eigenvalue weighted by molar-refractivity contribution is 6.33. The summed E-state index contributed by atoms with van der Waals surface area (Å²) in [6.07, 6.45) is 0. The van der Waals surface area contributed by atoms with E-state index in [-0.39, 0.29) is 5.56 Å². The second kappa shape index (κ2) is 4.60. The van der Waals surface area contributed by atoms with Gasteiger partial charge in [-0.3, -0.25) is 0 Å². The van der Waals surface area contributed by atoms with Crippen LogP contribution in [-0.2, 0) is 0 Å². The predicted molar refractivity (Wildman–Crippen MR) is 68.6 cm³/mol. The molecule has 0 saturated carbocycles. The third-order valence-corrected chi connectivity index (χ3v) is 2.98. The molecule has 2 rings (SSSR count). The molecule has 0 radical (unpaired) electrons. The van der Waals surface area contributed by atoms with Crippen LogP contribution in [0.3, 0.4) is 0 Å². The van der Waals surface area contributed by atoms with Gasteiger partial charge in [-0.1, -0.05) is 35.9 Å². The third kappa shape index (κ3) is 2.32. The van der Waals surface area contributed by atoms with Crippen molar-refractivity contribution < 1.29 is 9.90 Å². The Balaban J connectivity index is 2.63. The van der Waals surface area contributed by atoms with Crippen LogP contribution in [0, 0.1) is 6.92 Å². The molecule has 0 aromatic heterocycles. The summed E-state index contributed by atoms with van der Waals surface area (Å²) in [6.45, 7) is 1.97. The minimum Gasteiger partial charge on any atom is -0.478 e. The van der Waals surface area contributed by atoms with Gasteiger partial charge in [-0.25, -0.2) is 4.79 Å². The average molecular weight is 247 g/mol. The van der Waals surface area contributed by atoms with Crippen LogP contribution in [0.5, 0.6) is 0 Å². The largest absolute Gasteiger partial charge is 0.478 e. The van der Waals surface area contributed by atoms with Crippen molar-refractivity contribution in [2.24, 2.45) is 0 Å². The minimum absolute atomic E-state index is 0.243. The van der Waals surface area contributed by atoms with Gasteiger partial charge < -0.3 is 5.11 Å². The molecule has 0 spiro atoms. The summed E-state index contributed by atoms with van der Waals surface area (Å²) in [5, 5.41) is 9.53. The topological polar surface area (TPSA) is 37.3 Å². The lowest BCUT2D eigenvalue weighted by Crippen LogP contribution is -1.96. The molecule has 2 nitrogen and oxygen atoms in total. The van der Waals surface area contributed by atoms with Crippen LogP contribution in [0.15, 0.2) is 42.5 Å². The molecule has 2 aromatic carbocycles. The zero-order valence-corrected chi connectivity index (χ0v) is 10.0. The Labute approximate surface area is 104 Å². The van der Waals surface area contributed by atoms with Crippen molar-refractivity contribution in [1.29, 1.82) is 0 Å². The predicted octanol–water partition coefficient (Wildman–Crippen LogP) is 4.01. The molecule has 0 bridgehead atoms. The molecule has 0 aliphatic heterocycles. The highest BCUT2D eigenvalue weighted by atomic mass is 35.5. The van der Waals surface area contributed by atoms with E-state index in [1.54, 1.807) is 12.1 Å². The fourth-order valence-electron chi connectivity index (χ4n) is 1.74. The second-order valence-electron chi connectivity index (χ2n) is 3.81. The highest BCUT2D eigenvalue weighted by Gasteiger charge is 2.10. The first-order valence-electron chi connectivity index (χ1n) is 5.18. The van der Waals surface area contributed by atoms with Gasteiger partial charge in [0.15, 0.2) is 0 Å². The van der Waals surface area contributed by atoms with E-state index in [9.17, 15) is 4.79 Å². The number of aryl methyl sites for hydroxylation is 1. The fraction of sp³-hybridized carbons (Fsp3) is 0.0714. The molecule has 0 aliphatic carbocycles. The summed E-state index contributed by atoms with van der Waals surface area (Å²) in [7, 11) is 0. The van der Waals surface area contributed by atoms with Crippen molar-refractivity contribution in [3.8, 4) is 11.1 Å². The molecule has 0 heterocycles. The van der Waals surface area contributed by atoms with Gasteiger partial charge in [0, 0.05) is 10.6 Å². The standard InChI is InChI=1S/C14H11ClO2/c1-9-4-2-3-5-11(9)12-8-10(14(16)17)6-7-13(12)15/h2-8H,1H3,(H,16,17). The van der Waals surface area contributed by atoms with E-state index in [1.165, 1.54) is 6.07 Å². The van der Waals surface area contributed by atoms with Crippen molar-refractivity contribution in [1.82, 2.24) is 0 Å². The quantitative estimate of drug-likeness (QED) is 0.869. The molecule has 1 N–H and O–H groups in total. The maximum absolute atomic E-state index is 10.9. The lowest BCUT2D eigenvalue weighted by atomic mass is 9.99. The fourth-order valence-corrected chi connectivity index (χ4v) is 1.96. The molecule has 2 aromatic rings. The number of rotatable bonds is 2. The molecule has 0 fully saturated rings. The molecule has 17 heavy (non-hydrogen) atoms. The van der Waals surface area contributed by atoms with Crippen LogP contribution >= 0.6 is 11.6 Å². The summed E-state index contributed by atoms with van der Waals surface area (Å²) < 4.78 is 0. The van der Waals surface area contributed by atoms with Gasteiger partial charge >= 0.3 is 5.97 Å². The van der Waals surface area contributed by atoms with Gasteiger partial charge in [-0.05, 0) is 36.2 Å². The van der Waals surface area contributed by atoms with E-state index in [0.29, 0.717) is 5.02 Å². The van der Waals surface area contributed by atoms with E-state index in [2.05, 4.69) is 0 Å². The van der Waals surface area contributed by atoms with Crippen LogP contribution in [0.25, 0.3) is 11.1 Å². The van der Waals surface area contributed by atoms with Crippen molar-refractivity contribution in [3.63, 3.8) is 0 Å². The lowest BCUT2D eigenvalue weighted by Gasteiger charge is -2.08. The Morgan fingerprint density at radius 1 is 1.12 bits per heavy atom. The Morgan fingerprint density at radius 3 is 2.47 bits per heavy atom. The number of benzene rings is 2. The number of carboxylic acids is 1. The van der Waals surface area contributed by atoms with Gasteiger partial charge in [-0.2, -0.15) is 0 Å². The van der Waals surface area contributed by atoms with Crippen LogP contribution in [0.4, 0.5) is 0 Å².